The summed E-state index contributed by atoms with van der Waals surface area (Å²) in [6.45, 7) is 2.75. The van der Waals surface area contributed by atoms with Gasteiger partial charge in [-0.25, -0.2) is 0 Å². The van der Waals surface area contributed by atoms with Crippen LogP contribution < -0.4 is 5.32 Å². The monoisotopic (exact) mass is 167 g/mol. The molecule has 0 bridgehead atoms. The van der Waals surface area contributed by atoms with Gasteiger partial charge in [0.1, 0.15) is 0 Å². The molecule has 0 aliphatic heterocycles. The molecule has 2 atom stereocenters. The normalized spacial score (nSPS) is 27.4. The Kier molecular flexibility index (Phi) is 3.05. The highest BCUT2D eigenvalue weighted by Gasteiger charge is 2.23. The maximum Gasteiger partial charge on any atom is 0.312 e. The first-order valence-electron chi connectivity index (χ1n) is 4.07. The predicted molar refractivity (Wildman–Crippen MR) is 46.9 cm³/mol. The summed E-state index contributed by atoms with van der Waals surface area (Å²) in [5.41, 5.74) is 0. The molecule has 1 aliphatic rings. The fraction of sp³-hybridized carbons (Fsp3) is 0.444. The summed E-state index contributed by atoms with van der Waals surface area (Å²) < 4.78 is 0. The number of allylic oxidation sites excluding steroid dienone is 2. The SMILES string of the molecule is CCNC1C=CC=CC1C(=O)O. The Morgan fingerprint density at radius 1 is 1.50 bits per heavy atom. The van der Waals surface area contributed by atoms with Gasteiger partial charge in [0.25, 0.3) is 0 Å². The Morgan fingerprint density at radius 3 is 2.75 bits per heavy atom. The van der Waals surface area contributed by atoms with Crippen molar-refractivity contribution in [2.75, 3.05) is 6.54 Å². The molecule has 0 aromatic heterocycles. The number of hydrogen-bond donors (Lipinski definition) is 2. The summed E-state index contributed by atoms with van der Waals surface area (Å²) in [7, 11) is 0. The van der Waals surface area contributed by atoms with E-state index in [-0.39, 0.29) is 6.04 Å². The van der Waals surface area contributed by atoms with Crippen molar-refractivity contribution in [2.24, 2.45) is 5.92 Å². The molecule has 0 saturated heterocycles. The molecule has 3 nitrogen and oxygen atoms in total. The van der Waals surface area contributed by atoms with Crippen molar-refractivity contribution < 1.29 is 9.90 Å². The summed E-state index contributed by atoms with van der Waals surface area (Å²) in [5, 5.41) is 11.9. The van der Waals surface area contributed by atoms with E-state index < -0.39 is 11.9 Å². The van der Waals surface area contributed by atoms with Crippen LogP contribution >= 0.6 is 0 Å². The lowest BCUT2D eigenvalue weighted by Gasteiger charge is -2.20. The molecule has 12 heavy (non-hydrogen) atoms. The minimum Gasteiger partial charge on any atom is -0.481 e. The van der Waals surface area contributed by atoms with Crippen LogP contribution in [0.4, 0.5) is 0 Å². The third-order valence-corrected chi connectivity index (χ3v) is 1.86. The molecule has 0 spiro atoms. The van der Waals surface area contributed by atoms with Crippen LogP contribution in [0.25, 0.3) is 0 Å². The average Bonchev–Trinajstić information content (AvgIpc) is 2.05. The molecule has 0 aromatic carbocycles. The van der Waals surface area contributed by atoms with Gasteiger partial charge >= 0.3 is 5.97 Å². The Balaban J connectivity index is 2.64. The Hall–Kier alpha value is -1.09. The second kappa shape index (κ2) is 4.07. The van der Waals surface area contributed by atoms with Crippen LogP contribution in [-0.4, -0.2) is 23.7 Å². The number of aliphatic carboxylic acids is 1. The van der Waals surface area contributed by atoms with Crippen molar-refractivity contribution in [3.8, 4) is 0 Å². The number of carbonyl (C=O) groups is 1. The third-order valence-electron chi connectivity index (χ3n) is 1.86. The lowest BCUT2D eigenvalue weighted by atomic mass is 9.95. The molecule has 2 unspecified atom stereocenters. The number of carboxylic acids is 1. The maximum absolute atomic E-state index is 10.7. The minimum absolute atomic E-state index is 0.0579. The van der Waals surface area contributed by atoms with E-state index in [9.17, 15) is 4.79 Å². The van der Waals surface area contributed by atoms with Crippen LogP contribution in [0.5, 0.6) is 0 Å². The van der Waals surface area contributed by atoms with Crippen LogP contribution in [0.3, 0.4) is 0 Å². The largest absolute Gasteiger partial charge is 0.481 e. The Labute approximate surface area is 71.8 Å². The molecule has 1 rings (SSSR count). The van der Waals surface area contributed by atoms with E-state index in [1.807, 2.05) is 19.1 Å². The van der Waals surface area contributed by atoms with E-state index in [1.165, 1.54) is 0 Å². The van der Waals surface area contributed by atoms with Gasteiger partial charge in [0.2, 0.25) is 0 Å². The second-order valence-corrected chi connectivity index (χ2v) is 2.72. The molecule has 0 radical (unpaired) electrons. The molecule has 0 fully saturated rings. The van der Waals surface area contributed by atoms with Gasteiger partial charge in [-0.3, -0.25) is 4.79 Å². The Bertz CT molecular complexity index is 221. The van der Waals surface area contributed by atoms with Crippen molar-refractivity contribution in [3.63, 3.8) is 0 Å². The first-order chi connectivity index (χ1) is 5.75. The molecule has 2 N–H and O–H groups in total. The molecule has 0 amide bonds. The minimum atomic E-state index is -0.776. The molecule has 0 heterocycles. The van der Waals surface area contributed by atoms with E-state index in [0.717, 1.165) is 6.54 Å². The Morgan fingerprint density at radius 2 is 2.17 bits per heavy atom. The van der Waals surface area contributed by atoms with E-state index >= 15 is 0 Å². The highest BCUT2D eigenvalue weighted by Crippen LogP contribution is 2.12. The molecule has 3 heteroatoms. The maximum atomic E-state index is 10.7. The molecule has 0 saturated carbocycles. The second-order valence-electron chi connectivity index (χ2n) is 2.72. The smallest absolute Gasteiger partial charge is 0.312 e. The molecular formula is C9H13NO2. The average molecular weight is 167 g/mol. The molecule has 1 aliphatic carbocycles. The standard InChI is InChI=1S/C9H13NO2/c1-2-10-8-6-4-3-5-7(8)9(11)12/h3-8,10H,2H2,1H3,(H,11,12). The summed E-state index contributed by atoms with van der Waals surface area (Å²) in [5.74, 6) is -1.20. The highest BCUT2D eigenvalue weighted by molar-refractivity contribution is 5.74. The van der Waals surface area contributed by atoms with Crippen molar-refractivity contribution in [2.45, 2.75) is 13.0 Å². The summed E-state index contributed by atoms with van der Waals surface area (Å²) in [6.07, 6.45) is 7.22. The number of likely N-dealkylation sites (N-methyl/N-ethyl adjacent to an activating group) is 1. The van der Waals surface area contributed by atoms with Crippen molar-refractivity contribution in [1.82, 2.24) is 5.32 Å². The van der Waals surface area contributed by atoms with Gasteiger partial charge in [0.05, 0.1) is 5.92 Å². The zero-order valence-corrected chi connectivity index (χ0v) is 7.03. The number of rotatable bonds is 3. The zero-order valence-electron chi connectivity index (χ0n) is 7.03. The summed E-state index contributed by atoms with van der Waals surface area (Å²) in [4.78, 5) is 10.7. The van der Waals surface area contributed by atoms with Crippen LogP contribution in [-0.2, 0) is 4.79 Å². The third kappa shape index (κ3) is 1.95. The van der Waals surface area contributed by atoms with E-state index in [1.54, 1.807) is 12.2 Å². The van der Waals surface area contributed by atoms with Crippen molar-refractivity contribution in [1.29, 1.82) is 0 Å². The fourth-order valence-electron chi connectivity index (χ4n) is 1.27. The van der Waals surface area contributed by atoms with Crippen LogP contribution in [0.1, 0.15) is 6.92 Å². The van der Waals surface area contributed by atoms with Gasteiger partial charge in [-0.2, -0.15) is 0 Å². The molecule has 66 valence electrons. The van der Waals surface area contributed by atoms with Gasteiger partial charge in [0.15, 0.2) is 0 Å². The van der Waals surface area contributed by atoms with Gasteiger partial charge < -0.3 is 10.4 Å². The lowest BCUT2D eigenvalue weighted by Crippen LogP contribution is -2.38. The van der Waals surface area contributed by atoms with Crippen molar-refractivity contribution >= 4 is 5.97 Å². The van der Waals surface area contributed by atoms with Crippen LogP contribution in [0.2, 0.25) is 0 Å². The molecular weight excluding hydrogens is 154 g/mol. The highest BCUT2D eigenvalue weighted by atomic mass is 16.4. The quantitative estimate of drug-likeness (QED) is 0.653. The van der Waals surface area contributed by atoms with Gasteiger partial charge in [-0.1, -0.05) is 31.2 Å². The first kappa shape index (κ1) is 9.00. The van der Waals surface area contributed by atoms with Gasteiger partial charge in [0, 0.05) is 6.04 Å². The summed E-state index contributed by atoms with van der Waals surface area (Å²) >= 11 is 0. The fourth-order valence-corrected chi connectivity index (χ4v) is 1.27. The number of carboxylic acid groups (broad SMARTS) is 1. The predicted octanol–water partition coefficient (Wildman–Crippen LogP) is 0.791. The van der Waals surface area contributed by atoms with Gasteiger partial charge in [-0.15, -0.1) is 0 Å². The van der Waals surface area contributed by atoms with E-state index in [2.05, 4.69) is 5.32 Å². The van der Waals surface area contributed by atoms with E-state index in [4.69, 9.17) is 5.11 Å². The van der Waals surface area contributed by atoms with Crippen LogP contribution in [0.15, 0.2) is 24.3 Å². The van der Waals surface area contributed by atoms with Crippen LogP contribution in [0, 0.1) is 5.92 Å². The number of hydrogen-bond acceptors (Lipinski definition) is 2. The lowest BCUT2D eigenvalue weighted by molar-refractivity contribution is -0.140. The van der Waals surface area contributed by atoms with Gasteiger partial charge in [-0.05, 0) is 6.54 Å². The van der Waals surface area contributed by atoms with Crippen molar-refractivity contribution in [3.05, 3.63) is 24.3 Å². The number of nitrogens with one attached hydrogen (secondary N) is 1. The summed E-state index contributed by atoms with van der Waals surface area (Å²) in [6, 6.07) is -0.0579. The zero-order chi connectivity index (χ0) is 8.97. The van der Waals surface area contributed by atoms with E-state index in [0.29, 0.717) is 0 Å². The molecule has 0 aromatic rings. The first-order valence-corrected chi connectivity index (χ1v) is 4.07. The topological polar surface area (TPSA) is 49.3 Å².